The number of halogens is 2. The van der Waals surface area contributed by atoms with Crippen molar-refractivity contribution in [2.24, 2.45) is 5.73 Å². The minimum Gasteiger partial charge on any atom is -0.340 e. The molecular weight excluding hydrogens is 416 g/mol. The van der Waals surface area contributed by atoms with E-state index in [2.05, 4.69) is 4.98 Å². The standard InChI is InChI=1S/C23H25F2N5O2/c1-28(13-3-12-26)23(32)20-22(29(2)15-31)27-21(17-6-10-19(25)11-7-17)30(20)14-16-4-8-18(24)9-5-16/h4-11,15H,3,12-14,26H2,1-2H3. The predicted octanol–water partition coefficient (Wildman–Crippen LogP) is 2.89. The lowest BCUT2D eigenvalue weighted by Gasteiger charge is -2.20. The maximum Gasteiger partial charge on any atom is 0.274 e. The number of benzene rings is 2. The van der Waals surface area contributed by atoms with Gasteiger partial charge in [-0.3, -0.25) is 9.59 Å². The minimum atomic E-state index is -0.409. The molecule has 0 aliphatic rings. The molecular formula is C23H25F2N5O2. The van der Waals surface area contributed by atoms with E-state index in [4.69, 9.17) is 5.73 Å². The van der Waals surface area contributed by atoms with Gasteiger partial charge in [-0.25, -0.2) is 13.8 Å². The Morgan fingerprint density at radius 2 is 1.66 bits per heavy atom. The van der Waals surface area contributed by atoms with Crippen molar-refractivity contribution in [1.82, 2.24) is 14.5 Å². The smallest absolute Gasteiger partial charge is 0.274 e. The summed E-state index contributed by atoms with van der Waals surface area (Å²) < 4.78 is 28.6. The Labute approximate surface area is 185 Å². The Kier molecular flexibility index (Phi) is 7.32. The topological polar surface area (TPSA) is 84.5 Å². The second kappa shape index (κ2) is 10.1. The number of hydrogen-bond acceptors (Lipinski definition) is 4. The molecule has 0 spiro atoms. The Morgan fingerprint density at radius 1 is 1.06 bits per heavy atom. The first-order valence-electron chi connectivity index (χ1n) is 10.1. The van der Waals surface area contributed by atoms with E-state index in [-0.39, 0.29) is 29.8 Å². The third-order valence-electron chi connectivity index (χ3n) is 5.04. The van der Waals surface area contributed by atoms with Crippen LogP contribution in [0.25, 0.3) is 11.4 Å². The summed E-state index contributed by atoms with van der Waals surface area (Å²) >= 11 is 0. The van der Waals surface area contributed by atoms with Gasteiger partial charge in [-0.15, -0.1) is 0 Å². The first kappa shape index (κ1) is 23.1. The first-order chi connectivity index (χ1) is 15.3. The van der Waals surface area contributed by atoms with E-state index in [1.165, 1.54) is 41.1 Å². The van der Waals surface area contributed by atoms with Crippen LogP contribution in [0.3, 0.4) is 0 Å². The van der Waals surface area contributed by atoms with Crippen LogP contribution >= 0.6 is 0 Å². The molecule has 168 valence electrons. The van der Waals surface area contributed by atoms with Crippen molar-refractivity contribution in [3.05, 3.63) is 71.4 Å². The van der Waals surface area contributed by atoms with Gasteiger partial charge in [0, 0.05) is 32.7 Å². The molecule has 2 N–H and O–H groups in total. The van der Waals surface area contributed by atoms with Crippen molar-refractivity contribution in [3.8, 4) is 11.4 Å². The maximum atomic E-state index is 13.5. The molecule has 0 fully saturated rings. The van der Waals surface area contributed by atoms with Crippen molar-refractivity contribution in [3.63, 3.8) is 0 Å². The second-order valence-electron chi connectivity index (χ2n) is 7.41. The summed E-state index contributed by atoms with van der Waals surface area (Å²) in [6, 6.07) is 11.6. The lowest BCUT2D eigenvalue weighted by Crippen LogP contribution is -2.32. The predicted molar refractivity (Wildman–Crippen MR) is 118 cm³/mol. The van der Waals surface area contributed by atoms with Gasteiger partial charge in [-0.2, -0.15) is 0 Å². The third-order valence-corrected chi connectivity index (χ3v) is 5.04. The molecule has 2 aromatic carbocycles. The van der Waals surface area contributed by atoms with Crippen LogP contribution in [-0.4, -0.2) is 54.0 Å². The van der Waals surface area contributed by atoms with Crippen molar-refractivity contribution < 1.29 is 18.4 Å². The summed E-state index contributed by atoms with van der Waals surface area (Å²) in [6.07, 6.45) is 1.17. The van der Waals surface area contributed by atoms with E-state index in [1.54, 1.807) is 35.9 Å². The Balaban J connectivity index is 2.20. The zero-order valence-corrected chi connectivity index (χ0v) is 18.0. The molecule has 0 saturated heterocycles. The third kappa shape index (κ3) is 5.00. The fraction of sp³-hybridized carbons (Fsp3) is 0.261. The quantitative estimate of drug-likeness (QED) is 0.518. The van der Waals surface area contributed by atoms with Crippen LogP contribution in [0, 0.1) is 11.6 Å². The number of aromatic nitrogens is 2. The molecule has 32 heavy (non-hydrogen) atoms. The molecule has 7 nitrogen and oxygen atoms in total. The number of nitrogens with two attached hydrogens (primary N) is 1. The van der Waals surface area contributed by atoms with E-state index in [0.29, 0.717) is 37.3 Å². The fourth-order valence-corrected chi connectivity index (χ4v) is 3.30. The molecule has 0 unspecified atom stereocenters. The summed E-state index contributed by atoms with van der Waals surface area (Å²) in [5.41, 5.74) is 7.07. The Morgan fingerprint density at radius 3 is 2.22 bits per heavy atom. The van der Waals surface area contributed by atoms with Gasteiger partial charge >= 0.3 is 0 Å². The van der Waals surface area contributed by atoms with Gasteiger partial charge in [0.1, 0.15) is 17.5 Å². The molecule has 0 aliphatic heterocycles. The first-order valence-corrected chi connectivity index (χ1v) is 10.1. The second-order valence-corrected chi connectivity index (χ2v) is 7.41. The van der Waals surface area contributed by atoms with E-state index in [0.717, 1.165) is 5.56 Å². The fourth-order valence-electron chi connectivity index (χ4n) is 3.30. The van der Waals surface area contributed by atoms with Gasteiger partial charge in [0.05, 0.1) is 0 Å². The lowest BCUT2D eigenvalue weighted by atomic mass is 10.2. The van der Waals surface area contributed by atoms with Crippen LogP contribution in [0.2, 0.25) is 0 Å². The molecule has 1 heterocycles. The zero-order chi connectivity index (χ0) is 23.3. The molecule has 1 aromatic heterocycles. The molecule has 9 heteroatoms. The van der Waals surface area contributed by atoms with Crippen LogP contribution in [0.1, 0.15) is 22.5 Å². The van der Waals surface area contributed by atoms with Crippen LogP contribution in [0.4, 0.5) is 14.6 Å². The van der Waals surface area contributed by atoms with E-state index in [9.17, 15) is 18.4 Å². The lowest BCUT2D eigenvalue weighted by molar-refractivity contribution is -0.107. The highest BCUT2D eigenvalue weighted by atomic mass is 19.1. The SMILES string of the molecule is CN(CCCN)C(=O)c1c(N(C)C=O)nc(-c2ccc(F)cc2)n1Cc1ccc(F)cc1. The van der Waals surface area contributed by atoms with Crippen molar-refractivity contribution in [1.29, 1.82) is 0 Å². The summed E-state index contributed by atoms with van der Waals surface area (Å²) in [5, 5.41) is 0. The van der Waals surface area contributed by atoms with E-state index < -0.39 is 5.82 Å². The number of rotatable bonds is 9. The van der Waals surface area contributed by atoms with Crippen molar-refractivity contribution in [2.75, 3.05) is 32.1 Å². The highest BCUT2D eigenvalue weighted by molar-refractivity contribution is 6.00. The summed E-state index contributed by atoms with van der Waals surface area (Å²) in [4.78, 5) is 32.3. The van der Waals surface area contributed by atoms with Crippen LogP contribution in [-0.2, 0) is 11.3 Å². The highest BCUT2D eigenvalue weighted by Gasteiger charge is 2.28. The number of anilines is 1. The number of nitrogens with zero attached hydrogens (tertiary/aromatic N) is 4. The largest absolute Gasteiger partial charge is 0.340 e. The molecule has 0 bridgehead atoms. The summed E-state index contributed by atoms with van der Waals surface area (Å²) in [7, 11) is 3.15. The zero-order valence-electron chi connectivity index (χ0n) is 18.0. The van der Waals surface area contributed by atoms with Crippen LogP contribution in [0.5, 0.6) is 0 Å². The summed E-state index contributed by atoms with van der Waals surface area (Å²) in [6.45, 7) is 1.04. The monoisotopic (exact) mass is 441 g/mol. The highest BCUT2D eigenvalue weighted by Crippen LogP contribution is 2.29. The number of amides is 2. The van der Waals surface area contributed by atoms with Crippen molar-refractivity contribution >= 4 is 18.1 Å². The van der Waals surface area contributed by atoms with Gasteiger partial charge in [0.25, 0.3) is 5.91 Å². The van der Waals surface area contributed by atoms with Crippen LogP contribution < -0.4 is 10.6 Å². The molecule has 2 amide bonds. The Hall–Kier alpha value is -3.59. The van der Waals surface area contributed by atoms with Gasteiger partial charge in [-0.1, -0.05) is 12.1 Å². The Bertz CT molecular complexity index is 1080. The molecule has 3 aromatic rings. The molecule has 0 saturated carbocycles. The van der Waals surface area contributed by atoms with Gasteiger partial charge < -0.3 is 20.1 Å². The number of hydrogen-bond donors (Lipinski definition) is 1. The summed E-state index contributed by atoms with van der Waals surface area (Å²) in [5.74, 6) is -0.574. The molecule has 0 radical (unpaired) electrons. The van der Waals surface area contributed by atoms with E-state index in [1.807, 2.05) is 0 Å². The average Bonchev–Trinajstić information content (AvgIpc) is 3.17. The van der Waals surface area contributed by atoms with E-state index >= 15 is 0 Å². The van der Waals surface area contributed by atoms with Crippen LogP contribution in [0.15, 0.2) is 48.5 Å². The van der Waals surface area contributed by atoms with Gasteiger partial charge in [0.2, 0.25) is 6.41 Å². The number of carbonyl (C=O) groups is 2. The average molecular weight is 441 g/mol. The number of imidazole rings is 1. The molecule has 3 rings (SSSR count). The molecule has 0 atom stereocenters. The molecule has 0 aliphatic carbocycles. The maximum absolute atomic E-state index is 13.5. The normalized spacial score (nSPS) is 10.8. The minimum absolute atomic E-state index is 0.172. The van der Waals surface area contributed by atoms with Crippen molar-refractivity contribution in [2.45, 2.75) is 13.0 Å². The van der Waals surface area contributed by atoms with Gasteiger partial charge in [0.15, 0.2) is 11.5 Å². The van der Waals surface area contributed by atoms with Gasteiger partial charge in [-0.05, 0) is 54.9 Å². The number of carbonyl (C=O) groups excluding carboxylic acids is 2.